The summed E-state index contributed by atoms with van der Waals surface area (Å²) >= 11 is 0. The third kappa shape index (κ3) is 3.19. The molecule has 0 aliphatic rings. The van der Waals surface area contributed by atoms with Gasteiger partial charge in [0, 0.05) is 0 Å². The lowest BCUT2D eigenvalue weighted by atomic mass is 10.1. The Balaban J connectivity index is 2.03. The van der Waals surface area contributed by atoms with E-state index in [-0.39, 0.29) is 0 Å². The van der Waals surface area contributed by atoms with Crippen LogP contribution in [0.2, 0.25) is 0 Å². The van der Waals surface area contributed by atoms with Gasteiger partial charge in [0.2, 0.25) is 0 Å². The molecule has 0 spiro atoms. The molecule has 1 aromatic carbocycles. The Bertz CT molecular complexity index is 560. The van der Waals surface area contributed by atoms with E-state index in [4.69, 9.17) is 9.26 Å². The number of hydrogen-bond donors (Lipinski definition) is 0. The largest absolute Gasteiger partial charge is 0.449 e. The van der Waals surface area contributed by atoms with Crippen LogP contribution in [-0.2, 0) is 11.2 Å². The molecule has 0 saturated carbocycles. The minimum atomic E-state index is -0.556. The first kappa shape index (κ1) is 13.3. The summed E-state index contributed by atoms with van der Waals surface area (Å²) in [7, 11) is 0. The van der Waals surface area contributed by atoms with Gasteiger partial charge in [0.05, 0.1) is 5.56 Å². The van der Waals surface area contributed by atoms with E-state index < -0.39 is 12.1 Å². The Kier molecular flexibility index (Phi) is 3.94. The van der Waals surface area contributed by atoms with Crippen molar-refractivity contribution in [2.24, 2.45) is 0 Å². The molecule has 19 heavy (non-hydrogen) atoms. The van der Waals surface area contributed by atoms with Gasteiger partial charge in [0.1, 0.15) is 0 Å². The molecule has 2 aromatic rings. The van der Waals surface area contributed by atoms with Gasteiger partial charge in [-0.25, -0.2) is 4.79 Å². The van der Waals surface area contributed by atoms with Crippen molar-refractivity contribution in [1.82, 2.24) is 10.1 Å². The topological polar surface area (TPSA) is 65.2 Å². The molecule has 0 amide bonds. The van der Waals surface area contributed by atoms with E-state index in [1.54, 1.807) is 26.0 Å². The average molecular weight is 260 g/mol. The van der Waals surface area contributed by atoms with E-state index in [9.17, 15) is 4.79 Å². The Hall–Kier alpha value is -2.17. The predicted molar refractivity (Wildman–Crippen MR) is 68.7 cm³/mol. The van der Waals surface area contributed by atoms with E-state index in [2.05, 4.69) is 17.1 Å². The smallest absolute Gasteiger partial charge is 0.338 e. The van der Waals surface area contributed by atoms with Crippen LogP contribution in [0, 0.1) is 6.92 Å². The van der Waals surface area contributed by atoms with Crippen LogP contribution in [0.4, 0.5) is 0 Å². The predicted octanol–water partition coefficient (Wildman–Crippen LogP) is 2.86. The number of carbonyl (C=O) groups is 1. The van der Waals surface area contributed by atoms with Gasteiger partial charge in [-0.2, -0.15) is 4.98 Å². The van der Waals surface area contributed by atoms with Gasteiger partial charge in [-0.3, -0.25) is 0 Å². The number of esters is 1. The molecule has 1 aromatic heterocycles. The van der Waals surface area contributed by atoms with E-state index in [0.717, 1.165) is 6.42 Å². The van der Waals surface area contributed by atoms with Crippen LogP contribution in [0.1, 0.15) is 47.6 Å². The summed E-state index contributed by atoms with van der Waals surface area (Å²) in [6, 6.07) is 7.34. The number of benzene rings is 1. The molecule has 0 aliphatic carbocycles. The van der Waals surface area contributed by atoms with Gasteiger partial charge in [0.25, 0.3) is 5.89 Å². The van der Waals surface area contributed by atoms with Crippen LogP contribution in [0.3, 0.4) is 0 Å². The van der Waals surface area contributed by atoms with E-state index in [1.165, 1.54) is 5.56 Å². The molecule has 5 nitrogen and oxygen atoms in total. The summed E-state index contributed by atoms with van der Waals surface area (Å²) in [4.78, 5) is 16.0. The monoisotopic (exact) mass is 260 g/mol. The summed E-state index contributed by atoms with van der Waals surface area (Å²) in [5, 5.41) is 3.66. The molecular formula is C14H16N2O3. The molecule has 0 N–H and O–H groups in total. The Morgan fingerprint density at radius 1 is 1.37 bits per heavy atom. The SMILES string of the molecule is CCc1ccc(C(=O)OC(C)c2nc(C)no2)cc1. The van der Waals surface area contributed by atoms with E-state index >= 15 is 0 Å². The molecular weight excluding hydrogens is 244 g/mol. The Morgan fingerprint density at radius 3 is 2.58 bits per heavy atom. The van der Waals surface area contributed by atoms with Gasteiger partial charge in [-0.15, -0.1) is 0 Å². The van der Waals surface area contributed by atoms with Crippen LogP contribution in [0.25, 0.3) is 0 Å². The Morgan fingerprint density at radius 2 is 2.05 bits per heavy atom. The van der Waals surface area contributed by atoms with Crippen LogP contribution in [0.15, 0.2) is 28.8 Å². The zero-order chi connectivity index (χ0) is 13.8. The van der Waals surface area contributed by atoms with Gasteiger partial charge >= 0.3 is 5.97 Å². The lowest BCUT2D eigenvalue weighted by Gasteiger charge is -2.09. The quantitative estimate of drug-likeness (QED) is 0.791. The molecule has 1 atom stereocenters. The molecule has 0 aliphatic heterocycles. The van der Waals surface area contributed by atoms with Gasteiger partial charge in [-0.1, -0.05) is 24.2 Å². The number of hydrogen-bond acceptors (Lipinski definition) is 5. The molecule has 2 rings (SSSR count). The zero-order valence-electron chi connectivity index (χ0n) is 11.2. The number of carbonyl (C=O) groups excluding carboxylic acids is 1. The van der Waals surface area contributed by atoms with Crippen LogP contribution >= 0.6 is 0 Å². The highest BCUT2D eigenvalue weighted by atomic mass is 16.6. The number of rotatable bonds is 4. The molecule has 0 fully saturated rings. The molecule has 0 radical (unpaired) electrons. The highest BCUT2D eigenvalue weighted by molar-refractivity contribution is 5.89. The summed E-state index contributed by atoms with van der Waals surface area (Å²) < 4.78 is 10.2. The second-order valence-corrected chi connectivity index (χ2v) is 4.28. The van der Waals surface area contributed by atoms with E-state index in [0.29, 0.717) is 17.3 Å². The lowest BCUT2D eigenvalue weighted by Crippen LogP contribution is -2.09. The molecule has 1 heterocycles. The fourth-order valence-electron chi connectivity index (χ4n) is 1.63. The Labute approximate surface area is 111 Å². The normalized spacial score (nSPS) is 12.2. The van der Waals surface area contributed by atoms with Crippen LogP contribution < -0.4 is 0 Å². The molecule has 0 saturated heterocycles. The highest BCUT2D eigenvalue weighted by Crippen LogP contribution is 2.17. The van der Waals surface area contributed by atoms with Crippen molar-refractivity contribution < 1.29 is 14.1 Å². The maximum Gasteiger partial charge on any atom is 0.338 e. The number of aryl methyl sites for hydroxylation is 2. The minimum Gasteiger partial charge on any atom is -0.449 e. The standard InChI is InChI=1S/C14H16N2O3/c1-4-11-5-7-12(8-6-11)14(17)18-9(2)13-15-10(3)16-19-13/h5-9H,4H2,1-3H3. The zero-order valence-corrected chi connectivity index (χ0v) is 11.2. The minimum absolute atomic E-state index is 0.302. The van der Waals surface area contributed by atoms with Crippen LogP contribution in [0.5, 0.6) is 0 Å². The van der Waals surface area contributed by atoms with Crippen molar-refractivity contribution in [2.75, 3.05) is 0 Å². The van der Waals surface area contributed by atoms with Crippen molar-refractivity contribution in [3.8, 4) is 0 Å². The maximum absolute atomic E-state index is 11.9. The van der Waals surface area contributed by atoms with Gasteiger partial charge in [-0.05, 0) is 38.0 Å². The molecule has 1 unspecified atom stereocenters. The first-order valence-corrected chi connectivity index (χ1v) is 6.20. The average Bonchev–Trinajstić information content (AvgIpc) is 2.85. The third-order valence-electron chi connectivity index (χ3n) is 2.77. The number of aromatic nitrogens is 2. The van der Waals surface area contributed by atoms with Crippen molar-refractivity contribution in [1.29, 1.82) is 0 Å². The molecule has 100 valence electrons. The summed E-state index contributed by atoms with van der Waals surface area (Å²) in [6.45, 7) is 5.48. The second kappa shape index (κ2) is 5.65. The summed E-state index contributed by atoms with van der Waals surface area (Å²) in [5.41, 5.74) is 1.69. The molecule has 0 bridgehead atoms. The fourth-order valence-corrected chi connectivity index (χ4v) is 1.63. The van der Waals surface area contributed by atoms with Crippen molar-refractivity contribution in [2.45, 2.75) is 33.3 Å². The van der Waals surface area contributed by atoms with Crippen molar-refractivity contribution in [3.63, 3.8) is 0 Å². The highest BCUT2D eigenvalue weighted by Gasteiger charge is 2.18. The lowest BCUT2D eigenvalue weighted by molar-refractivity contribution is 0.0265. The van der Waals surface area contributed by atoms with Crippen molar-refractivity contribution in [3.05, 3.63) is 47.1 Å². The number of ether oxygens (including phenoxy) is 1. The summed E-state index contributed by atoms with van der Waals surface area (Å²) in [6.07, 6.45) is 0.382. The van der Waals surface area contributed by atoms with Crippen LogP contribution in [-0.4, -0.2) is 16.1 Å². The first-order valence-electron chi connectivity index (χ1n) is 6.20. The van der Waals surface area contributed by atoms with Crippen molar-refractivity contribution >= 4 is 5.97 Å². The maximum atomic E-state index is 11.9. The first-order chi connectivity index (χ1) is 9.10. The number of nitrogens with zero attached hydrogens (tertiary/aromatic N) is 2. The fraction of sp³-hybridized carbons (Fsp3) is 0.357. The van der Waals surface area contributed by atoms with E-state index in [1.807, 2.05) is 12.1 Å². The summed E-state index contributed by atoms with van der Waals surface area (Å²) in [5.74, 6) is 0.423. The third-order valence-corrected chi connectivity index (χ3v) is 2.77. The second-order valence-electron chi connectivity index (χ2n) is 4.28. The van der Waals surface area contributed by atoms with Gasteiger partial charge in [0.15, 0.2) is 11.9 Å². The van der Waals surface area contributed by atoms with Gasteiger partial charge < -0.3 is 9.26 Å². The molecule has 5 heteroatoms.